The molecule has 0 aliphatic carbocycles. The molecule has 1 unspecified atom stereocenters. The van der Waals surface area contributed by atoms with E-state index in [2.05, 4.69) is 9.72 Å². The fourth-order valence-corrected chi connectivity index (χ4v) is 1.57. The van der Waals surface area contributed by atoms with Gasteiger partial charge >= 0.3 is 6.61 Å². The van der Waals surface area contributed by atoms with Crippen LogP contribution in [0, 0.1) is 0 Å². The van der Waals surface area contributed by atoms with E-state index in [1.807, 2.05) is 0 Å². The number of benzene rings is 1. The third-order valence-electron chi connectivity index (χ3n) is 2.43. The predicted molar refractivity (Wildman–Crippen MR) is 60.3 cm³/mol. The maximum absolute atomic E-state index is 11.9. The van der Waals surface area contributed by atoms with Gasteiger partial charge in [-0.05, 0) is 17.7 Å². The Morgan fingerprint density at radius 1 is 1.28 bits per heavy atom. The molecule has 1 aromatic carbocycles. The highest BCUT2D eigenvalue weighted by atomic mass is 19.3. The summed E-state index contributed by atoms with van der Waals surface area (Å²) < 4.78 is 29.9. The quantitative estimate of drug-likeness (QED) is 0.890. The third kappa shape index (κ3) is 3.27. The first kappa shape index (κ1) is 12.5. The molecule has 0 amide bonds. The van der Waals surface area contributed by atoms with E-state index < -0.39 is 12.7 Å². The fraction of sp³-hybridized carbons (Fsp3) is 0.250. The molecule has 0 saturated carbocycles. The van der Waals surface area contributed by atoms with Crippen LogP contribution in [0.2, 0.25) is 0 Å². The Kier molecular flexibility index (Phi) is 3.88. The SMILES string of the molecule is OC(Cn1ccnc1)c1ccc(OC(F)F)cc1. The third-order valence-corrected chi connectivity index (χ3v) is 2.43. The van der Waals surface area contributed by atoms with Crippen molar-refractivity contribution in [1.29, 1.82) is 0 Å². The zero-order valence-corrected chi connectivity index (χ0v) is 9.41. The van der Waals surface area contributed by atoms with E-state index >= 15 is 0 Å². The van der Waals surface area contributed by atoms with Crippen molar-refractivity contribution in [3.8, 4) is 5.75 Å². The molecule has 0 fully saturated rings. The van der Waals surface area contributed by atoms with Crippen LogP contribution in [0.25, 0.3) is 0 Å². The van der Waals surface area contributed by atoms with Crippen LogP contribution < -0.4 is 4.74 Å². The molecular weight excluding hydrogens is 242 g/mol. The molecule has 1 N–H and O–H groups in total. The van der Waals surface area contributed by atoms with E-state index in [0.29, 0.717) is 12.1 Å². The Hall–Kier alpha value is -1.95. The summed E-state index contributed by atoms with van der Waals surface area (Å²) in [6, 6.07) is 5.91. The zero-order valence-electron chi connectivity index (χ0n) is 9.41. The number of nitrogens with zero attached hydrogens (tertiary/aromatic N) is 2. The summed E-state index contributed by atoms with van der Waals surface area (Å²) in [5.74, 6) is 0.0728. The number of imidazole rings is 1. The van der Waals surface area contributed by atoms with Gasteiger partial charge in [0.25, 0.3) is 0 Å². The highest BCUT2D eigenvalue weighted by molar-refractivity contribution is 5.28. The molecule has 0 aliphatic heterocycles. The summed E-state index contributed by atoms with van der Waals surface area (Å²) in [5, 5.41) is 9.93. The first-order chi connectivity index (χ1) is 8.65. The van der Waals surface area contributed by atoms with Crippen molar-refractivity contribution < 1.29 is 18.6 Å². The van der Waals surface area contributed by atoms with Gasteiger partial charge in [0.2, 0.25) is 0 Å². The lowest BCUT2D eigenvalue weighted by Crippen LogP contribution is -2.07. The van der Waals surface area contributed by atoms with Crippen LogP contribution in [-0.4, -0.2) is 21.3 Å². The number of aliphatic hydroxyl groups is 1. The number of aromatic nitrogens is 2. The zero-order chi connectivity index (χ0) is 13.0. The van der Waals surface area contributed by atoms with Gasteiger partial charge in [0.1, 0.15) is 5.75 Å². The predicted octanol–water partition coefficient (Wildman–Crippen LogP) is 2.22. The Labute approximate surface area is 102 Å². The van der Waals surface area contributed by atoms with Gasteiger partial charge in [-0.2, -0.15) is 8.78 Å². The second-order valence-corrected chi connectivity index (χ2v) is 3.72. The average molecular weight is 254 g/mol. The maximum Gasteiger partial charge on any atom is 0.387 e. The molecule has 0 spiro atoms. The van der Waals surface area contributed by atoms with Gasteiger partial charge < -0.3 is 14.4 Å². The number of halogens is 2. The lowest BCUT2D eigenvalue weighted by atomic mass is 10.1. The molecule has 2 aromatic rings. The molecule has 0 saturated heterocycles. The fourth-order valence-electron chi connectivity index (χ4n) is 1.57. The lowest BCUT2D eigenvalue weighted by Gasteiger charge is -2.12. The van der Waals surface area contributed by atoms with E-state index in [-0.39, 0.29) is 5.75 Å². The van der Waals surface area contributed by atoms with Gasteiger partial charge in [-0.1, -0.05) is 12.1 Å². The summed E-state index contributed by atoms with van der Waals surface area (Å²) >= 11 is 0. The monoisotopic (exact) mass is 254 g/mol. The lowest BCUT2D eigenvalue weighted by molar-refractivity contribution is -0.0498. The van der Waals surface area contributed by atoms with Gasteiger partial charge in [-0.15, -0.1) is 0 Å². The molecule has 2 rings (SSSR count). The number of alkyl halides is 2. The summed E-state index contributed by atoms with van der Waals surface area (Å²) in [6.45, 7) is -2.48. The second-order valence-electron chi connectivity index (χ2n) is 3.72. The molecule has 0 bridgehead atoms. The Balaban J connectivity index is 2.00. The van der Waals surface area contributed by atoms with Gasteiger partial charge in [0.15, 0.2) is 0 Å². The summed E-state index contributed by atoms with van der Waals surface area (Å²) in [6.07, 6.45) is 4.22. The number of ether oxygens (including phenoxy) is 1. The molecule has 4 nitrogen and oxygen atoms in total. The molecule has 1 atom stereocenters. The average Bonchev–Trinajstić information content (AvgIpc) is 2.82. The Bertz CT molecular complexity index is 471. The summed E-state index contributed by atoms with van der Waals surface area (Å²) in [4.78, 5) is 3.86. The minimum absolute atomic E-state index is 0.0728. The second kappa shape index (κ2) is 5.59. The highest BCUT2D eigenvalue weighted by Crippen LogP contribution is 2.20. The molecule has 1 aromatic heterocycles. The number of rotatable bonds is 5. The van der Waals surface area contributed by atoms with E-state index in [0.717, 1.165) is 0 Å². The van der Waals surface area contributed by atoms with E-state index in [1.165, 1.54) is 12.1 Å². The van der Waals surface area contributed by atoms with Crippen LogP contribution in [0.15, 0.2) is 43.0 Å². The molecular formula is C12H12F2N2O2. The number of hydrogen-bond acceptors (Lipinski definition) is 3. The first-order valence-corrected chi connectivity index (χ1v) is 5.34. The van der Waals surface area contributed by atoms with Crippen molar-refractivity contribution in [2.24, 2.45) is 0 Å². The van der Waals surface area contributed by atoms with Crippen molar-refractivity contribution in [3.05, 3.63) is 48.5 Å². The van der Waals surface area contributed by atoms with E-state index in [4.69, 9.17) is 0 Å². The van der Waals surface area contributed by atoms with Crippen LogP contribution in [0.5, 0.6) is 5.75 Å². The molecule has 1 heterocycles. The van der Waals surface area contributed by atoms with Gasteiger partial charge in [-0.25, -0.2) is 4.98 Å². The molecule has 6 heteroatoms. The van der Waals surface area contributed by atoms with Crippen molar-refractivity contribution in [3.63, 3.8) is 0 Å². The van der Waals surface area contributed by atoms with Crippen LogP contribution in [0.4, 0.5) is 8.78 Å². The van der Waals surface area contributed by atoms with Crippen LogP contribution in [0.3, 0.4) is 0 Å². The van der Waals surface area contributed by atoms with Crippen molar-refractivity contribution in [1.82, 2.24) is 9.55 Å². The van der Waals surface area contributed by atoms with Crippen molar-refractivity contribution >= 4 is 0 Å². The Morgan fingerprint density at radius 3 is 2.56 bits per heavy atom. The van der Waals surface area contributed by atoms with E-state index in [1.54, 1.807) is 35.4 Å². The number of aliphatic hydroxyl groups excluding tert-OH is 1. The molecule has 0 radical (unpaired) electrons. The van der Waals surface area contributed by atoms with Gasteiger partial charge in [0.05, 0.1) is 19.0 Å². The van der Waals surface area contributed by atoms with Crippen LogP contribution in [-0.2, 0) is 6.54 Å². The van der Waals surface area contributed by atoms with Crippen molar-refractivity contribution in [2.45, 2.75) is 19.3 Å². The van der Waals surface area contributed by atoms with Crippen molar-refractivity contribution in [2.75, 3.05) is 0 Å². The van der Waals surface area contributed by atoms with Gasteiger partial charge in [-0.3, -0.25) is 0 Å². The van der Waals surface area contributed by atoms with Crippen LogP contribution >= 0.6 is 0 Å². The van der Waals surface area contributed by atoms with Gasteiger partial charge in [0, 0.05) is 12.4 Å². The van der Waals surface area contributed by atoms with Crippen LogP contribution in [0.1, 0.15) is 11.7 Å². The Morgan fingerprint density at radius 2 is 2.00 bits per heavy atom. The minimum atomic E-state index is -2.84. The summed E-state index contributed by atoms with van der Waals surface area (Å²) in [7, 11) is 0. The summed E-state index contributed by atoms with van der Waals surface area (Å²) in [5.41, 5.74) is 0.630. The van der Waals surface area contributed by atoms with E-state index in [9.17, 15) is 13.9 Å². The molecule has 18 heavy (non-hydrogen) atoms. The first-order valence-electron chi connectivity index (χ1n) is 5.34. The smallest absolute Gasteiger partial charge is 0.387 e. The normalized spacial score (nSPS) is 12.7. The highest BCUT2D eigenvalue weighted by Gasteiger charge is 2.09. The minimum Gasteiger partial charge on any atom is -0.435 e. The number of hydrogen-bond donors (Lipinski definition) is 1. The topological polar surface area (TPSA) is 47.3 Å². The standard InChI is InChI=1S/C12H12F2N2O2/c13-12(14)18-10-3-1-9(2-4-10)11(17)7-16-6-5-15-8-16/h1-6,8,11-12,17H,7H2. The maximum atomic E-state index is 11.9. The largest absolute Gasteiger partial charge is 0.435 e. The molecule has 96 valence electrons. The molecule has 0 aliphatic rings.